The monoisotopic (exact) mass is 320 g/mol. The fraction of sp³-hybridized carbons (Fsp3) is 0.150. The molecule has 0 fully saturated rings. The van der Waals surface area contributed by atoms with Crippen LogP contribution in [0.1, 0.15) is 5.56 Å². The lowest BCUT2D eigenvalue weighted by atomic mass is 10.0. The van der Waals surface area contributed by atoms with Crippen molar-refractivity contribution in [3.8, 4) is 11.5 Å². The molecule has 1 heterocycles. The second-order valence-electron chi connectivity index (χ2n) is 5.80. The third-order valence-corrected chi connectivity index (χ3v) is 4.31. The molecule has 0 aliphatic heterocycles. The highest BCUT2D eigenvalue weighted by Crippen LogP contribution is 2.34. The van der Waals surface area contributed by atoms with E-state index in [0.717, 1.165) is 16.3 Å². The summed E-state index contributed by atoms with van der Waals surface area (Å²) in [5, 5.41) is 3.01. The van der Waals surface area contributed by atoms with E-state index in [1.54, 1.807) is 26.4 Å². The minimum Gasteiger partial charge on any atom is -0.493 e. The smallest absolute Gasteiger partial charge is 0.200 e. The molecular formula is C20H16O4. The van der Waals surface area contributed by atoms with Gasteiger partial charge in [-0.25, -0.2) is 0 Å². The number of hydrogen-bond donors (Lipinski definition) is 0. The van der Waals surface area contributed by atoms with Crippen molar-refractivity contribution >= 4 is 32.7 Å². The van der Waals surface area contributed by atoms with E-state index in [4.69, 9.17) is 13.9 Å². The maximum Gasteiger partial charge on any atom is 0.200 e. The zero-order chi connectivity index (χ0) is 16.8. The molecule has 0 radical (unpaired) electrons. The van der Waals surface area contributed by atoms with Gasteiger partial charge in [0.15, 0.2) is 11.5 Å². The van der Waals surface area contributed by atoms with Gasteiger partial charge in [-0.05, 0) is 30.5 Å². The molecule has 0 aliphatic rings. The highest BCUT2D eigenvalue weighted by atomic mass is 16.5. The first-order valence-corrected chi connectivity index (χ1v) is 7.64. The van der Waals surface area contributed by atoms with E-state index in [1.165, 1.54) is 0 Å². The van der Waals surface area contributed by atoms with Gasteiger partial charge in [0, 0.05) is 11.5 Å². The van der Waals surface area contributed by atoms with Crippen molar-refractivity contribution in [3.63, 3.8) is 0 Å². The van der Waals surface area contributed by atoms with Crippen LogP contribution in [-0.4, -0.2) is 14.2 Å². The van der Waals surface area contributed by atoms with Crippen molar-refractivity contribution in [1.29, 1.82) is 0 Å². The van der Waals surface area contributed by atoms with Crippen LogP contribution in [-0.2, 0) is 0 Å². The number of benzene rings is 3. The van der Waals surface area contributed by atoms with Crippen LogP contribution in [0.15, 0.2) is 51.7 Å². The van der Waals surface area contributed by atoms with Gasteiger partial charge in [-0.15, -0.1) is 0 Å². The number of fused-ring (bicyclic) bond motifs is 4. The van der Waals surface area contributed by atoms with Crippen LogP contribution in [0.2, 0.25) is 0 Å². The Labute approximate surface area is 138 Å². The van der Waals surface area contributed by atoms with Gasteiger partial charge in [0.2, 0.25) is 5.43 Å². The molecule has 0 unspecified atom stereocenters. The summed E-state index contributed by atoms with van der Waals surface area (Å²) in [7, 11) is 3.10. The largest absolute Gasteiger partial charge is 0.493 e. The summed E-state index contributed by atoms with van der Waals surface area (Å²) in [5.41, 5.74) is 2.13. The lowest BCUT2D eigenvalue weighted by molar-refractivity contribution is 0.355. The van der Waals surface area contributed by atoms with Gasteiger partial charge >= 0.3 is 0 Å². The first-order chi connectivity index (χ1) is 11.6. The Balaban J connectivity index is 2.21. The Bertz CT molecular complexity index is 1160. The van der Waals surface area contributed by atoms with Crippen LogP contribution in [0.25, 0.3) is 32.7 Å². The van der Waals surface area contributed by atoms with Gasteiger partial charge in [-0.2, -0.15) is 0 Å². The van der Waals surface area contributed by atoms with Gasteiger partial charge in [0.25, 0.3) is 0 Å². The summed E-state index contributed by atoms with van der Waals surface area (Å²) in [6.45, 7) is 2.02. The number of methoxy groups -OCH3 is 2. The van der Waals surface area contributed by atoms with E-state index in [9.17, 15) is 4.79 Å². The molecule has 0 amide bonds. The van der Waals surface area contributed by atoms with Crippen LogP contribution in [0.3, 0.4) is 0 Å². The van der Waals surface area contributed by atoms with E-state index >= 15 is 0 Å². The molecule has 0 bridgehead atoms. The topological polar surface area (TPSA) is 48.7 Å². The third kappa shape index (κ3) is 2.03. The fourth-order valence-electron chi connectivity index (χ4n) is 3.07. The Morgan fingerprint density at radius 2 is 1.54 bits per heavy atom. The number of aryl methyl sites for hydroxylation is 1. The van der Waals surface area contributed by atoms with Crippen LogP contribution < -0.4 is 14.9 Å². The van der Waals surface area contributed by atoms with E-state index in [1.807, 2.05) is 37.3 Å². The van der Waals surface area contributed by atoms with Gasteiger partial charge in [0.05, 0.1) is 25.0 Å². The molecule has 120 valence electrons. The Hall–Kier alpha value is -3.01. The van der Waals surface area contributed by atoms with Crippen LogP contribution in [0, 0.1) is 6.92 Å². The quantitative estimate of drug-likeness (QED) is 0.405. The van der Waals surface area contributed by atoms with Gasteiger partial charge in [-0.1, -0.05) is 23.8 Å². The van der Waals surface area contributed by atoms with Crippen molar-refractivity contribution in [2.75, 3.05) is 14.2 Å². The van der Waals surface area contributed by atoms with E-state index in [-0.39, 0.29) is 5.43 Å². The number of rotatable bonds is 2. The van der Waals surface area contributed by atoms with Crippen LogP contribution >= 0.6 is 0 Å². The molecule has 4 aromatic rings. The molecule has 4 rings (SSSR count). The lowest BCUT2D eigenvalue weighted by Gasteiger charge is -2.10. The lowest BCUT2D eigenvalue weighted by Crippen LogP contribution is -2.03. The predicted octanol–water partition coefficient (Wildman–Crippen LogP) is 4.43. The fourth-order valence-corrected chi connectivity index (χ4v) is 3.07. The first-order valence-electron chi connectivity index (χ1n) is 7.64. The standard InChI is InChI=1S/C20H16O4/c1-11-4-5-12-6-7-13-19(21)15-9-17(22-2)18(23-3)10-16(15)24-20(13)14(12)8-11/h4-10H,1-3H3. The number of hydrogen-bond acceptors (Lipinski definition) is 4. The van der Waals surface area contributed by atoms with Crippen molar-refractivity contribution in [2.45, 2.75) is 6.92 Å². The van der Waals surface area contributed by atoms with Gasteiger partial charge in [0.1, 0.15) is 11.2 Å². The third-order valence-electron chi connectivity index (χ3n) is 4.31. The first kappa shape index (κ1) is 14.6. The Morgan fingerprint density at radius 3 is 2.29 bits per heavy atom. The average molecular weight is 320 g/mol. The highest BCUT2D eigenvalue weighted by Gasteiger charge is 2.14. The minimum absolute atomic E-state index is 0.0735. The molecule has 4 nitrogen and oxygen atoms in total. The second kappa shape index (κ2) is 5.27. The van der Waals surface area contributed by atoms with Crippen molar-refractivity contribution < 1.29 is 13.9 Å². The summed E-state index contributed by atoms with van der Waals surface area (Å²) in [5.74, 6) is 1.04. The maximum atomic E-state index is 12.9. The summed E-state index contributed by atoms with van der Waals surface area (Å²) >= 11 is 0. The Morgan fingerprint density at radius 1 is 0.833 bits per heavy atom. The molecule has 0 saturated heterocycles. The van der Waals surface area contributed by atoms with Gasteiger partial charge < -0.3 is 13.9 Å². The van der Waals surface area contributed by atoms with Crippen LogP contribution in [0.4, 0.5) is 0 Å². The van der Waals surface area contributed by atoms with Crippen LogP contribution in [0.5, 0.6) is 11.5 Å². The number of ether oxygens (including phenoxy) is 2. The zero-order valence-electron chi connectivity index (χ0n) is 13.7. The maximum absolute atomic E-state index is 12.9. The molecule has 3 aromatic carbocycles. The summed E-state index contributed by atoms with van der Waals surface area (Å²) in [6.07, 6.45) is 0. The molecule has 0 saturated carbocycles. The summed E-state index contributed by atoms with van der Waals surface area (Å²) in [6, 6.07) is 13.2. The molecule has 0 N–H and O–H groups in total. The molecule has 0 spiro atoms. The highest BCUT2D eigenvalue weighted by molar-refractivity contribution is 6.06. The van der Waals surface area contributed by atoms with E-state index in [2.05, 4.69) is 0 Å². The molecule has 4 heteroatoms. The summed E-state index contributed by atoms with van der Waals surface area (Å²) in [4.78, 5) is 12.9. The second-order valence-corrected chi connectivity index (χ2v) is 5.80. The SMILES string of the molecule is COc1cc2oc3c(ccc4ccc(C)cc43)c(=O)c2cc1OC. The molecule has 24 heavy (non-hydrogen) atoms. The van der Waals surface area contributed by atoms with E-state index in [0.29, 0.717) is 33.4 Å². The predicted molar refractivity (Wildman–Crippen MR) is 95.3 cm³/mol. The zero-order valence-corrected chi connectivity index (χ0v) is 13.7. The van der Waals surface area contributed by atoms with Crippen molar-refractivity contribution in [1.82, 2.24) is 0 Å². The normalized spacial score (nSPS) is 11.3. The van der Waals surface area contributed by atoms with Crippen molar-refractivity contribution in [2.24, 2.45) is 0 Å². The van der Waals surface area contributed by atoms with Crippen molar-refractivity contribution in [3.05, 3.63) is 58.3 Å². The molecule has 0 atom stereocenters. The van der Waals surface area contributed by atoms with E-state index < -0.39 is 0 Å². The molecule has 0 aliphatic carbocycles. The molecular weight excluding hydrogens is 304 g/mol. The van der Waals surface area contributed by atoms with Gasteiger partial charge in [-0.3, -0.25) is 4.79 Å². The average Bonchev–Trinajstić information content (AvgIpc) is 2.60. The summed E-state index contributed by atoms with van der Waals surface area (Å²) < 4.78 is 16.7. The molecule has 1 aromatic heterocycles. The Kier molecular flexibility index (Phi) is 3.20. The minimum atomic E-state index is -0.0735.